The van der Waals surface area contributed by atoms with Gasteiger partial charge >= 0.3 is 5.97 Å². The molecule has 4 heterocycles. The maximum atomic E-state index is 14.4. The van der Waals surface area contributed by atoms with Crippen molar-refractivity contribution in [1.29, 1.82) is 0 Å². The Morgan fingerprint density at radius 3 is 2.69 bits per heavy atom. The highest BCUT2D eigenvalue weighted by Crippen LogP contribution is 2.49. The van der Waals surface area contributed by atoms with Gasteiger partial charge in [-0.25, -0.2) is 9.37 Å². The lowest BCUT2D eigenvalue weighted by Crippen LogP contribution is -2.48. The van der Waals surface area contributed by atoms with Crippen molar-refractivity contribution in [2.45, 2.75) is 50.4 Å². The number of nitrogens with one attached hydrogen (secondary N) is 1. The van der Waals surface area contributed by atoms with Gasteiger partial charge in [-0.15, -0.1) is 0 Å². The molecule has 0 bridgehead atoms. The summed E-state index contributed by atoms with van der Waals surface area (Å²) in [5.41, 5.74) is 5.37. The molecule has 6 rings (SSSR count). The van der Waals surface area contributed by atoms with E-state index in [1.165, 1.54) is 13.2 Å². The third kappa shape index (κ3) is 3.40. The molecule has 0 unspecified atom stereocenters. The molecular formula is C27H29FN4O4. The average molecular weight is 493 g/mol. The topological polar surface area (TPSA) is 102 Å². The number of methoxy groups -OCH3 is 1. The van der Waals surface area contributed by atoms with Crippen molar-refractivity contribution in [1.82, 2.24) is 19.7 Å². The van der Waals surface area contributed by atoms with Gasteiger partial charge in [-0.05, 0) is 56.2 Å². The van der Waals surface area contributed by atoms with Crippen molar-refractivity contribution in [2.75, 3.05) is 20.3 Å². The van der Waals surface area contributed by atoms with Crippen molar-refractivity contribution >= 4 is 28.0 Å². The number of carboxylic acid groups (broad SMARTS) is 1. The van der Waals surface area contributed by atoms with E-state index in [0.29, 0.717) is 31.7 Å². The van der Waals surface area contributed by atoms with E-state index in [4.69, 9.17) is 14.5 Å². The Kier molecular flexibility index (Phi) is 5.48. The lowest BCUT2D eigenvalue weighted by Gasteiger charge is -2.43. The average Bonchev–Trinajstić information content (AvgIpc) is 3.45. The molecule has 1 aliphatic carbocycles. The summed E-state index contributed by atoms with van der Waals surface area (Å²) in [6, 6.07) is 7.01. The fourth-order valence-electron chi connectivity index (χ4n) is 6.04. The lowest BCUT2D eigenvalue weighted by molar-refractivity contribution is -0.142. The largest absolute Gasteiger partial charge is 0.494 e. The minimum absolute atomic E-state index is 0.165. The van der Waals surface area contributed by atoms with Crippen LogP contribution in [0, 0.1) is 11.7 Å². The highest BCUT2D eigenvalue weighted by atomic mass is 19.1. The summed E-state index contributed by atoms with van der Waals surface area (Å²) >= 11 is 0. The van der Waals surface area contributed by atoms with Gasteiger partial charge in [-0.3, -0.25) is 9.89 Å². The normalized spacial score (nSPS) is 21.5. The van der Waals surface area contributed by atoms with Crippen LogP contribution >= 0.6 is 0 Å². The molecule has 1 saturated heterocycles. The minimum atomic E-state index is -0.718. The monoisotopic (exact) mass is 492 g/mol. The summed E-state index contributed by atoms with van der Waals surface area (Å²) < 4.78 is 27.7. The molecule has 1 saturated carbocycles. The number of carboxylic acids is 1. The van der Waals surface area contributed by atoms with Crippen LogP contribution in [-0.2, 0) is 14.9 Å². The molecule has 9 heteroatoms. The second-order valence-electron chi connectivity index (χ2n) is 10.1. The number of ether oxygens (including phenoxy) is 2. The number of H-pyrrole nitrogens is 1. The number of nitrogens with zero attached hydrogens (tertiary/aromatic N) is 3. The zero-order valence-corrected chi connectivity index (χ0v) is 20.4. The van der Waals surface area contributed by atoms with Crippen LogP contribution in [0.15, 0.2) is 30.5 Å². The Morgan fingerprint density at radius 2 is 2.06 bits per heavy atom. The van der Waals surface area contributed by atoms with E-state index in [0.717, 1.165) is 52.6 Å². The molecule has 36 heavy (non-hydrogen) atoms. The van der Waals surface area contributed by atoms with E-state index in [1.54, 1.807) is 18.3 Å². The van der Waals surface area contributed by atoms with Crippen LogP contribution in [0.5, 0.6) is 5.75 Å². The van der Waals surface area contributed by atoms with Gasteiger partial charge in [0.1, 0.15) is 0 Å². The first-order valence-electron chi connectivity index (χ1n) is 12.5. The number of carbonyl (C=O) groups is 1. The van der Waals surface area contributed by atoms with Gasteiger partial charge in [0.15, 0.2) is 17.2 Å². The summed E-state index contributed by atoms with van der Waals surface area (Å²) in [6.07, 6.45) is 5.46. The summed E-state index contributed by atoms with van der Waals surface area (Å²) in [5.74, 6) is -1.10. The number of pyridine rings is 1. The molecule has 1 aliphatic heterocycles. The molecule has 8 nitrogen and oxygen atoms in total. The first-order valence-corrected chi connectivity index (χ1v) is 12.5. The van der Waals surface area contributed by atoms with Gasteiger partial charge in [0, 0.05) is 28.4 Å². The zero-order chi connectivity index (χ0) is 25.0. The molecule has 188 valence electrons. The highest BCUT2D eigenvalue weighted by Gasteiger charge is 2.46. The van der Waals surface area contributed by atoms with Crippen LogP contribution in [-0.4, -0.2) is 51.1 Å². The number of fused-ring (bicyclic) bond motifs is 2. The van der Waals surface area contributed by atoms with Gasteiger partial charge in [-0.1, -0.05) is 6.92 Å². The van der Waals surface area contributed by atoms with Crippen LogP contribution in [0.4, 0.5) is 4.39 Å². The Labute approximate surface area is 207 Å². The zero-order valence-electron chi connectivity index (χ0n) is 20.4. The molecule has 0 amide bonds. The van der Waals surface area contributed by atoms with Crippen molar-refractivity contribution in [3.05, 3.63) is 47.5 Å². The Balaban J connectivity index is 1.66. The predicted octanol–water partition coefficient (Wildman–Crippen LogP) is 5.09. The van der Waals surface area contributed by atoms with E-state index in [2.05, 4.69) is 27.8 Å². The van der Waals surface area contributed by atoms with E-state index >= 15 is 0 Å². The van der Waals surface area contributed by atoms with E-state index < -0.39 is 11.8 Å². The smallest absolute Gasteiger partial charge is 0.306 e. The van der Waals surface area contributed by atoms with Crippen LogP contribution in [0.2, 0.25) is 0 Å². The number of halogens is 1. The number of hydrogen-bond donors (Lipinski definition) is 2. The molecule has 2 N–H and O–H groups in total. The standard InChI is InChI=1S/C27H29FN4O4/c1-3-27(13-36-14-27)24-22(15-4-6-16(7-5-15)26(33)34)23-20(10-17-12-29-31-25(17)30-23)32(24)18-8-9-19(28)21(11-18)35-2/h8-12,15-16H,3-7,13-14H2,1-2H3,(H,33,34)(H,29,30,31)/t15-,16-. The van der Waals surface area contributed by atoms with Crippen molar-refractivity contribution in [3.8, 4) is 11.4 Å². The summed E-state index contributed by atoms with van der Waals surface area (Å²) in [6.45, 7) is 3.35. The number of aromatic nitrogens is 4. The molecule has 0 atom stereocenters. The predicted molar refractivity (Wildman–Crippen MR) is 132 cm³/mol. The second-order valence-corrected chi connectivity index (χ2v) is 10.1. The van der Waals surface area contributed by atoms with E-state index in [1.807, 2.05) is 0 Å². The summed E-state index contributed by atoms with van der Waals surface area (Å²) in [7, 11) is 1.47. The van der Waals surface area contributed by atoms with Gasteiger partial charge in [0.05, 0.1) is 48.9 Å². The summed E-state index contributed by atoms with van der Waals surface area (Å²) in [5, 5.41) is 17.6. The van der Waals surface area contributed by atoms with Gasteiger partial charge in [-0.2, -0.15) is 5.10 Å². The number of aliphatic carboxylic acids is 1. The van der Waals surface area contributed by atoms with Crippen molar-refractivity contribution in [3.63, 3.8) is 0 Å². The first kappa shape index (κ1) is 23.0. The molecular weight excluding hydrogens is 463 g/mol. The molecule has 2 fully saturated rings. The summed E-state index contributed by atoms with van der Waals surface area (Å²) in [4.78, 5) is 16.7. The van der Waals surface area contributed by atoms with Crippen LogP contribution in [0.1, 0.15) is 56.2 Å². The Bertz CT molecular complexity index is 1460. The molecule has 3 aromatic heterocycles. The third-order valence-corrected chi connectivity index (χ3v) is 8.19. The quantitative estimate of drug-likeness (QED) is 0.389. The third-order valence-electron chi connectivity index (χ3n) is 8.19. The lowest BCUT2D eigenvalue weighted by atomic mass is 9.72. The molecule has 0 radical (unpaired) electrons. The van der Waals surface area contributed by atoms with Gasteiger partial charge in [0.2, 0.25) is 0 Å². The molecule has 2 aliphatic rings. The fraction of sp³-hybridized carbons (Fsp3) is 0.444. The minimum Gasteiger partial charge on any atom is -0.494 e. The van der Waals surface area contributed by atoms with Gasteiger partial charge in [0.25, 0.3) is 0 Å². The van der Waals surface area contributed by atoms with E-state index in [9.17, 15) is 14.3 Å². The highest BCUT2D eigenvalue weighted by molar-refractivity contribution is 5.94. The Morgan fingerprint density at radius 1 is 1.28 bits per heavy atom. The molecule has 0 spiro atoms. The first-order chi connectivity index (χ1) is 17.5. The molecule has 4 aromatic rings. The fourth-order valence-corrected chi connectivity index (χ4v) is 6.04. The second kappa shape index (κ2) is 8.58. The van der Waals surface area contributed by atoms with E-state index in [-0.39, 0.29) is 23.0 Å². The maximum Gasteiger partial charge on any atom is 0.306 e. The van der Waals surface area contributed by atoms with Crippen LogP contribution in [0.25, 0.3) is 27.8 Å². The number of rotatable bonds is 6. The van der Waals surface area contributed by atoms with Gasteiger partial charge < -0.3 is 19.1 Å². The maximum absolute atomic E-state index is 14.4. The van der Waals surface area contributed by atoms with Crippen LogP contribution < -0.4 is 4.74 Å². The Hall–Kier alpha value is -3.46. The number of aromatic amines is 1. The number of benzene rings is 1. The SMILES string of the molecule is CCC1(c2c([C@H]3CC[C@H](C(=O)O)CC3)c3nc4[nH]ncc4cc3n2-c2ccc(F)c(OC)c2)COC1. The van der Waals surface area contributed by atoms with Crippen molar-refractivity contribution < 1.29 is 23.8 Å². The number of hydrogen-bond acceptors (Lipinski definition) is 5. The molecule has 1 aromatic carbocycles. The van der Waals surface area contributed by atoms with Crippen molar-refractivity contribution in [2.24, 2.45) is 5.92 Å². The van der Waals surface area contributed by atoms with Crippen LogP contribution in [0.3, 0.4) is 0 Å².